The fourth-order valence-corrected chi connectivity index (χ4v) is 2.92. The van der Waals surface area contributed by atoms with E-state index < -0.39 is 0 Å². The Kier molecular flexibility index (Phi) is 5.84. The quantitative estimate of drug-likeness (QED) is 0.778. The summed E-state index contributed by atoms with van der Waals surface area (Å²) in [4.78, 5) is 12.0. The van der Waals surface area contributed by atoms with Crippen LogP contribution in [-0.2, 0) is 4.79 Å². The molecule has 3 nitrogen and oxygen atoms in total. The average Bonchev–Trinajstić information content (AvgIpc) is 2.37. The molecule has 0 aromatic heterocycles. The van der Waals surface area contributed by atoms with Crippen molar-refractivity contribution in [3.05, 3.63) is 0 Å². The Morgan fingerprint density at radius 1 is 1.16 bits per heavy atom. The standard InChI is InChI=1S/C16H32N2O/c1-15(2,11-17)10-14(19)18-12-16(3,4)13-8-6-5-7-9-13/h13H,5-12,17H2,1-4H3,(H,18,19). The Morgan fingerprint density at radius 2 is 1.74 bits per heavy atom. The van der Waals surface area contributed by atoms with E-state index in [2.05, 4.69) is 19.2 Å². The molecule has 1 aliphatic rings. The number of carbonyl (C=O) groups excluding carboxylic acids is 1. The molecule has 1 rings (SSSR count). The molecule has 3 heteroatoms. The van der Waals surface area contributed by atoms with E-state index in [1.165, 1.54) is 32.1 Å². The predicted octanol–water partition coefficient (Wildman–Crippen LogP) is 3.08. The molecule has 0 heterocycles. The first-order valence-electron chi connectivity index (χ1n) is 7.74. The minimum absolute atomic E-state index is 0.0982. The van der Waals surface area contributed by atoms with Crippen LogP contribution in [0.15, 0.2) is 0 Å². The van der Waals surface area contributed by atoms with Gasteiger partial charge < -0.3 is 11.1 Å². The van der Waals surface area contributed by atoms with Gasteiger partial charge in [-0.2, -0.15) is 0 Å². The van der Waals surface area contributed by atoms with E-state index in [-0.39, 0.29) is 16.7 Å². The van der Waals surface area contributed by atoms with Gasteiger partial charge in [-0.15, -0.1) is 0 Å². The summed E-state index contributed by atoms with van der Waals surface area (Å²) < 4.78 is 0. The van der Waals surface area contributed by atoms with Gasteiger partial charge in [0.15, 0.2) is 0 Å². The van der Waals surface area contributed by atoms with Crippen LogP contribution in [0.1, 0.15) is 66.2 Å². The number of hydrogen-bond acceptors (Lipinski definition) is 2. The molecule has 0 radical (unpaired) electrons. The number of amides is 1. The smallest absolute Gasteiger partial charge is 0.220 e. The monoisotopic (exact) mass is 268 g/mol. The first-order chi connectivity index (χ1) is 8.77. The molecular formula is C16H32N2O. The highest BCUT2D eigenvalue weighted by Crippen LogP contribution is 2.37. The van der Waals surface area contributed by atoms with Crippen molar-refractivity contribution in [2.24, 2.45) is 22.5 Å². The molecule has 0 aromatic rings. The molecule has 1 amide bonds. The number of hydrogen-bond donors (Lipinski definition) is 2. The van der Waals surface area contributed by atoms with Crippen LogP contribution in [-0.4, -0.2) is 19.0 Å². The minimum atomic E-state index is -0.0982. The highest BCUT2D eigenvalue weighted by atomic mass is 16.1. The molecule has 0 aliphatic heterocycles. The topological polar surface area (TPSA) is 55.1 Å². The average molecular weight is 268 g/mol. The van der Waals surface area contributed by atoms with Gasteiger partial charge in [-0.3, -0.25) is 4.79 Å². The maximum Gasteiger partial charge on any atom is 0.220 e. The molecule has 0 atom stereocenters. The molecule has 1 fully saturated rings. The van der Waals surface area contributed by atoms with Gasteiger partial charge in [-0.1, -0.05) is 47.0 Å². The summed E-state index contributed by atoms with van der Waals surface area (Å²) in [6.07, 6.45) is 7.23. The fraction of sp³-hybridized carbons (Fsp3) is 0.938. The lowest BCUT2D eigenvalue weighted by Gasteiger charge is -2.37. The van der Waals surface area contributed by atoms with Gasteiger partial charge in [-0.25, -0.2) is 0 Å². The molecule has 0 aromatic carbocycles. The van der Waals surface area contributed by atoms with Crippen molar-refractivity contribution in [1.29, 1.82) is 0 Å². The normalized spacial score (nSPS) is 18.4. The zero-order valence-electron chi connectivity index (χ0n) is 13.2. The molecule has 1 saturated carbocycles. The Morgan fingerprint density at radius 3 is 2.26 bits per heavy atom. The van der Waals surface area contributed by atoms with E-state index in [1.54, 1.807) is 0 Å². The van der Waals surface area contributed by atoms with Crippen molar-refractivity contribution >= 4 is 5.91 Å². The van der Waals surface area contributed by atoms with Crippen LogP contribution < -0.4 is 11.1 Å². The number of nitrogens with one attached hydrogen (secondary N) is 1. The van der Waals surface area contributed by atoms with Crippen molar-refractivity contribution in [3.8, 4) is 0 Å². The third-order valence-electron chi connectivity index (χ3n) is 4.64. The van der Waals surface area contributed by atoms with Crippen LogP contribution in [0, 0.1) is 16.7 Å². The SMILES string of the molecule is CC(C)(CN)CC(=O)NCC(C)(C)C1CCCCC1. The van der Waals surface area contributed by atoms with Crippen molar-refractivity contribution < 1.29 is 4.79 Å². The molecule has 112 valence electrons. The third kappa shape index (κ3) is 5.52. The molecule has 0 bridgehead atoms. The van der Waals surface area contributed by atoms with E-state index >= 15 is 0 Å². The molecule has 0 saturated heterocycles. The second-order valence-electron chi connectivity index (χ2n) is 7.65. The Bertz CT molecular complexity index is 291. The number of rotatable bonds is 6. The lowest BCUT2D eigenvalue weighted by molar-refractivity contribution is -0.123. The summed E-state index contributed by atoms with van der Waals surface area (Å²) in [6.45, 7) is 10.00. The zero-order chi connectivity index (χ0) is 14.5. The molecule has 0 unspecified atom stereocenters. The van der Waals surface area contributed by atoms with E-state index in [4.69, 9.17) is 5.73 Å². The lowest BCUT2D eigenvalue weighted by Crippen LogP contribution is -2.41. The number of nitrogens with two attached hydrogens (primary N) is 1. The first kappa shape index (κ1) is 16.5. The van der Waals surface area contributed by atoms with Crippen LogP contribution >= 0.6 is 0 Å². The van der Waals surface area contributed by atoms with E-state index in [0.717, 1.165) is 12.5 Å². The largest absolute Gasteiger partial charge is 0.356 e. The highest BCUT2D eigenvalue weighted by molar-refractivity contribution is 5.76. The lowest BCUT2D eigenvalue weighted by atomic mass is 9.71. The zero-order valence-corrected chi connectivity index (χ0v) is 13.2. The molecule has 1 aliphatic carbocycles. The van der Waals surface area contributed by atoms with Crippen LogP contribution in [0.25, 0.3) is 0 Å². The van der Waals surface area contributed by atoms with E-state index in [1.807, 2.05) is 13.8 Å². The second-order valence-corrected chi connectivity index (χ2v) is 7.65. The Labute approximate surface area is 118 Å². The van der Waals surface area contributed by atoms with Crippen LogP contribution in [0.5, 0.6) is 0 Å². The maximum absolute atomic E-state index is 12.0. The molecule has 3 N–H and O–H groups in total. The second kappa shape index (κ2) is 6.74. The predicted molar refractivity (Wildman–Crippen MR) is 80.8 cm³/mol. The van der Waals surface area contributed by atoms with Crippen LogP contribution in [0.4, 0.5) is 0 Å². The van der Waals surface area contributed by atoms with Gasteiger partial charge in [0, 0.05) is 13.0 Å². The Balaban J connectivity index is 2.39. The fourth-order valence-electron chi connectivity index (χ4n) is 2.92. The molecule has 0 spiro atoms. The molecular weight excluding hydrogens is 236 g/mol. The van der Waals surface area contributed by atoms with Crippen LogP contribution in [0.2, 0.25) is 0 Å². The number of carbonyl (C=O) groups is 1. The van der Waals surface area contributed by atoms with Crippen molar-refractivity contribution in [2.45, 2.75) is 66.2 Å². The van der Waals surface area contributed by atoms with Gasteiger partial charge in [-0.05, 0) is 36.1 Å². The summed E-state index contributed by atoms with van der Waals surface area (Å²) in [5.74, 6) is 0.892. The van der Waals surface area contributed by atoms with Crippen molar-refractivity contribution in [2.75, 3.05) is 13.1 Å². The van der Waals surface area contributed by atoms with Crippen molar-refractivity contribution in [3.63, 3.8) is 0 Å². The maximum atomic E-state index is 12.0. The summed E-state index contributed by atoms with van der Waals surface area (Å²) in [7, 11) is 0. The Hall–Kier alpha value is -0.570. The van der Waals surface area contributed by atoms with Gasteiger partial charge in [0.25, 0.3) is 0 Å². The van der Waals surface area contributed by atoms with Gasteiger partial charge in [0.1, 0.15) is 0 Å². The summed E-state index contributed by atoms with van der Waals surface area (Å²) >= 11 is 0. The van der Waals surface area contributed by atoms with Crippen LogP contribution in [0.3, 0.4) is 0 Å². The van der Waals surface area contributed by atoms with Crippen molar-refractivity contribution in [1.82, 2.24) is 5.32 Å². The summed E-state index contributed by atoms with van der Waals surface area (Å²) in [5.41, 5.74) is 5.79. The van der Waals surface area contributed by atoms with Gasteiger partial charge >= 0.3 is 0 Å². The summed E-state index contributed by atoms with van der Waals surface area (Å²) in [6, 6.07) is 0. The third-order valence-corrected chi connectivity index (χ3v) is 4.64. The first-order valence-corrected chi connectivity index (χ1v) is 7.74. The molecule has 19 heavy (non-hydrogen) atoms. The minimum Gasteiger partial charge on any atom is -0.356 e. The highest BCUT2D eigenvalue weighted by Gasteiger charge is 2.31. The van der Waals surface area contributed by atoms with E-state index in [0.29, 0.717) is 13.0 Å². The summed E-state index contributed by atoms with van der Waals surface area (Å²) in [5, 5.41) is 3.12. The van der Waals surface area contributed by atoms with E-state index in [9.17, 15) is 4.79 Å². The van der Waals surface area contributed by atoms with Gasteiger partial charge in [0.2, 0.25) is 5.91 Å². The van der Waals surface area contributed by atoms with Gasteiger partial charge in [0.05, 0.1) is 0 Å².